The van der Waals surface area contributed by atoms with Crippen LogP contribution in [0.4, 0.5) is 0 Å². The van der Waals surface area contributed by atoms with E-state index in [-0.39, 0.29) is 12.4 Å². The number of hydrogen-bond acceptors (Lipinski definition) is 1. The molecule has 2 heteroatoms. The minimum Gasteiger partial charge on any atom is -0.381 e. The minimum absolute atomic E-state index is 0. The van der Waals surface area contributed by atoms with E-state index in [0.717, 1.165) is 13.2 Å². The Bertz CT molecular complexity index is 338. The van der Waals surface area contributed by atoms with Gasteiger partial charge in [0.1, 0.15) is 0 Å². The Kier molecular flexibility index (Phi) is 41.9. The topological polar surface area (TPSA) is 9.23 Å². The lowest BCUT2D eigenvalue weighted by Crippen LogP contribution is -1.97. The van der Waals surface area contributed by atoms with E-state index in [2.05, 4.69) is 13.8 Å². The molecular weight excluding hydrogens is 484 g/mol. The van der Waals surface area contributed by atoms with Gasteiger partial charge in [-0.1, -0.05) is 206 Å². The van der Waals surface area contributed by atoms with Crippen LogP contribution in [0, 0.1) is 0 Å². The smallest absolute Gasteiger partial charge is 0.0466 e. The summed E-state index contributed by atoms with van der Waals surface area (Å²) in [5.41, 5.74) is 0. The third kappa shape index (κ3) is 38.4. The van der Waals surface area contributed by atoms with E-state index < -0.39 is 0 Å². The van der Waals surface area contributed by atoms with Crippen LogP contribution >= 0.6 is 12.4 Å². The van der Waals surface area contributed by atoms with E-state index in [9.17, 15) is 0 Å². The Morgan fingerprint density at radius 2 is 0.395 bits per heavy atom. The van der Waals surface area contributed by atoms with Crippen molar-refractivity contribution in [1.82, 2.24) is 0 Å². The van der Waals surface area contributed by atoms with Crippen molar-refractivity contribution >= 4 is 12.4 Å². The lowest BCUT2D eigenvalue weighted by molar-refractivity contribution is 0.125. The first-order valence-corrected chi connectivity index (χ1v) is 18.0. The number of rotatable bonds is 34. The van der Waals surface area contributed by atoms with Gasteiger partial charge in [-0.25, -0.2) is 0 Å². The van der Waals surface area contributed by atoms with Crippen LogP contribution in [-0.2, 0) is 4.74 Å². The van der Waals surface area contributed by atoms with Gasteiger partial charge in [-0.15, -0.1) is 12.4 Å². The van der Waals surface area contributed by atoms with Crippen LogP contribution in [0.2, 0.25) is 0 Å². The van der Waals surface area contributed by atoms with Crippen LogP contribution in [0.25, 0.3) is 0 Å². The molecule has 0 N–H and O–H groups in total. The molecule has 0 unspecified atom stereocenters. The van der Waals surface area contributed by atoms with Gasteiger partial charge in [0.15, 0.2) is 0 Å². The largest absolute Gasteiger partial charge is 0.381 e. The number of hydrogen-bond donors (Lipinski definition) is 0. The van der Waals surface area contributed by atoms with Crippen LogP contribution in [0.3, 0.4) is 0 Å². The normalized spacial score (nSPS) is 11.2. The van der Waals surface area contributed by atoms with Crippen LogP contribution in [0.5, 0.6) is 0 Å². The van der Waals surface area contributed by atoms with E-state index in [1.807, 2.05) is 0 Å². The fraction of sp³-hybridized carbons (Fsp3) is 1.00. The highest BCUT2D eigenvalue weighted by Gasteiger charge is 1.97. The quantitative estimate of drug-likeness (QED) is 0.0713. The number of ether oxygens (including phenoxy) is 1. The van der Waals surface area contributed by atoms with Crippen molar-refractivity contribution < 1.29 is 4.74 Å². The highest BCUT2D eigenvalue weighted by Crippen LogP contribution is 2.15. The summed E-state index contributed by atoms with van der Waals surface area (Å²) < 4.78 is 5.87. The molecule has 0 radical (unpaired) electrons. The fourth-order valence-electron chi connectivity index (χ4n) is 5.61. The fourth-order valence-corrected chi connectivity index (χ4v) is 5.61. The maximum absolute atomic E-state index is 5.87. The average Bonchev–Trinajstić information content (AvgIpc) is 2.91. The van der Waals surface area contributed by atoms with E-state index in [1.165, 1.54) is 205 Å². The third-order valence-corrected chi connectivity index (χ3v) is 8.28. The first kappa shape index (κ1) is 40.4. The van der Waals surface area contributed by atoms with Gasteiger partial charge in [-0.2, -0.15) is 0 Å². The average molecular weight is 559 g/mol. The molecule has 0 aromatic heterocycles. The SMILES string of the molecule is CCCCCCCCCCCCCCCCCCOCCCCCCCCCCCCCCCCCC.Cl. The van der Waals surface area contributed by atoms with Gasteiger partial charge in [0.05, 0.1) is 0 Å². The zero-order valence-corrected chi connectivity index (χ0v) is 27.7. The van der Waals surface area contributed by atoms with Gasteiger partial charge in [0.25, 0.3) is 0 Å². The third-order valence-electron chi connectivity index (χ3n) is 8.28. The Hall–Kier alpha value is 0.250. The molecule has 232 valence electrons. The molecule has 0 aliphatic rings. The molecule has 0 heterocycles. The van der Waals surface area contributed by atoms with Crippen LogP contribution in [0.15, 0.2) is 0 Å². The molecule has 0 aliphatic heterocycles. The molecule has 0 aliphatic carbocycles. The zero-order chi connectivity index (χ0) is 26.7. The summed E-state index contributed by atoms with van der Waals surface area (Å²) in [7, 11) is 0. The molecule has 0 atom stereocenters. The maximum Gasteiger partial charge on any atom is 0.0466 e. The predicted molar refractivity (Wildman–Crippen MR) is 177 cm³/mol. The molecule has 0 spiro atoms. The second-order valence-corrected chi connectivity index (χ2v) is 12.2. The van der Waals surface area contributed by atoms with Crippen molar-refractivity contribution in [3.63, 3.8) is 0 Å². The molecule has 0 aromatic rings. The van der Waals surface area contributed by atoms with Gasteiger partial charge in [-0.05, 0) is 12.8 Å². The Labute approximate surface area is 249 Å². The molecule has 0 aromatic carbocycles. The van der Waals surface area contributed by atoms with Gasteiger partial charge >= 0.3 is 0 Å². The summed E-state index contributed by atoms with van der Waals surface area (Å²) in [4.78, 5) is 0. The first-order valence-electron chi connectivity index (χ1n) is 18.0. The van der Waals surface area contributed by atoms with Gasteiger partial charge in [-0.3, -0.25) is 0 Å². The highest BCUT2D eigenvalue weighted by atomic mass is 35.5. The number of halogens is 1. The van der Waals surface area contributed by atoms with Crippen LogP contribution < -0.4 is 0 Å². The maximum atomic E-state index is 5.87. The summed E-state index contributed by atoms with van der Waals surface area (Å²) in [5, 5.41) is 0. The van der Waals surface area contributed by atoms with Crippen molar-refractivity contribution in [3.8, 4) is 0 Å². The van der Waals surface area contributed by atoms with E-state index in [4.69, 9.17) is 4.74 Å². The van der Waals surface area contributed by atoms with E-state index in [0.29, 0.717) is 0 Å². The predicted octanol–water partition coefficient (Wildman–Crippen LogP) is 13.9. The molecule has 0 bridgehead atoms. The Morgan fingerprint density at radius 3 is 0.579 bits per heavy atom. The summed E-state index contributed by atoms with van der Waals surface area (Å²) in [6, 6.07) is 0. The molecule has 0 saturated heterocycles. The van der Waals surface area contributed by atoms with Gasteiger partial charge in [0.2, 0.25) is 0 Å². The first-order chi connectivity index (χ1) is 18.4. The van der Waals surface area contributed by atoms with Crippen molar-refractivity contribution in [3.05, 3.63) is 0 Å². The van der Waals surface area contributed by atoms with Crippen LogP contribution in [0.1, 0.15) is 219 Å². The highest BCUT2D eigenvalue weighted by molar-refractivity contribution is 5.85. The van der Waals surface area contributed by atoms with E-state index >= 15 is 0 Å². The second kappa shape index (κ2) is 39.4. The molecule has 0 rings (SSSR count). The summed E-state index contributed by atoms with van der Waals surface area (Å²) >= 11 is 0. The molecule has 1 nitrogen and oxygen atoms in total. The molecule has 38 heavy (non-hydrogen) atoms. The molecule has 0 amide bonds. The van der Waals surface area contributed by atoms with Crippen LogP contribution in [-0.4, -0.2) is 13.2 Å². The summed E-state index contributed by atoms with van der Waals surface area (Å²) in [5.74, 6) is 0. The standard InChI is InChI=1S/C36H74O.ClH/c1-3-5-7-9-11-13-15-17-19-21-23-25-27-29-31-33-35-37-36-34-32-30-28-26-24-22-20-18-16-14-12-10-8-6-4-2;/h3-36H2,1-2H3;1H. The molecule has 0 saturated carbocycles. The Morgan fingerprint density at radius 1 is 0.237 bits per heavy atom. The molecular formula is C36H75ClO. The minimum atomic E-state index is 0. The summed E-state index contributed by atoms with van der Waals surface area (Å²) in [6.07, 6.45) is 46.0. The number of unbranched alkanes of at least 4 members (excludes halogenated alkanes) is 30. The van der Waals surface area contributed by atoms with Crippen molar-refractivity contribution in [1.29, 1.82) is 0 Å². The monoisotopic (exact) mass is 559 g/mol. The van der Waals surface area contributed by atoms with Crippen molar-refractivity contribution in [2.45, 2.75) is 219 Å². The lowest BCUT2D eigenvalue weighted by atomic mass is 10.0. The second-order valence-electron chi connectivity index (χ2n) is 12.2. The van der Waals surface area contributed by atoms with Crippen molar-refractivity contribution in [2.75, 3.05) is 13.2 Å². The van der Waals surface area contributed by atoms with Gasteiger partial charge in [0, 0.05) is 13.2 Å². The molecule has 0 fully saturated rings. The zero-order valence-electron chi connectivity index (χ0n) is 26.9. The Balaban J connectivity index is 0. The summed E-state index contributed by atoms with van der Waals surface area (Å²) in [6.45, 7) is 6.60. The van der Waals surface area contributed by atoms with Gasteiger partial charge < -0.3 is 4.74 Å². The van der Waals surface area contributed by atoms with Crippen molar-refractivity contribution in [2.24, 2.45) is 0 Å². The van der Waals surface area contributed by atoms with E-state index in [1.54, 1.807) is 0 Å². The lowest BCUT2D eigenvalue weighted by Gasteiger charge is -2.06.